The minimum absolute atomic E-state index is 0.158. The molecule has 4 nitrogen and oxygen atoms in total. The van der Waals surface area contributed by atoms with E-state index in [1.54, 1.807) is 30.3 Å². The number of halogens is 1. The Morgan fingerprint density at radius 1 is 1.05 bits per heavy atom. The third-order valence-corrected chi connectivity index (χ3v) is 3.11. The normalized spacial score (nSPS) is 12.3. The molecule has 0 radical (unpaired) electrons. The summed E-state index contributed by atoms with van der Waals surface area (Å²) in [6.45, 7) is 0. The number of aliphatic hydroxyl groups is 1. The molecule has 2 aromatic carbocycles. The summed E-state index contributed by atoms with van der Waals surface area (Å²) >= 11 is 5.92. The van der Waals surface area contributed by atoms with Gasteiger partial charge in [-0.2, -0.15) is 4.98 Å². The fourth-order valence-corrected chi connectivity index (χ4v) is 2.06. The van der Waals surface area contributed by atoms with Gasteiger partial charge in [0.25, 0.3) is 5.89 Å². The molecule has 3 aromatic rings. The topological polar surface area (TPSA) is 59.2 Å². The fraction of sp³-hybridized carbons (Fsp3) is 0.0667. The molecule has 100 valence electrons. The number of rotatable bonds is 3. The van der Waals surface area contributed by atoms with Gasteiger partial charge in [-0.3, -0.25) is 0 Å². The Morgan fingerprint density at radius 3 is 2.60 bits per heavy atom. The molecule has 0 aliphatic heterocycles. The minimum Gasteiger partial charge on any atom is -0.378 e. The van der Waals surface area contributed by atoms with Crippen LogP contribution in [0.5, 0.6) is 0 Å². The number of hydrogen-bond acceptors (Lipinski definition) is 4. The second kappa shape index (κ2) is 5.45. The number of aliphatic hydroxyl groups excluding tert-OH is 1. The maximum absolute atomic E-state index is 10.2. The third-order valence-electron chi connectivity index (χ3n) is 2.87. The minimum atomic E-state index is -0.934. The second-order valence-electron chi connectivity index (χ2n) is 4.28. The third kappa shape index (κ3) is 2.57. The predicted molar refractivity (Wildman–Crippen MR) is 75.2 cm³/mol. The number of aromatic nitrogens is 2. The van der Waals surface area contributed by atoms with Gasteiger partial charge >= 0.3 is 0 Å². The molecule has 20 heavy (non-hydrogen) atoms. The summed E-state index contributed by atoms with van der Waals surface area (Å²) < 4.78 is 5.12. The zero-order chi connectivity index (χ0) is 13.9. The molecule has 1 aromatic heterocycles. The van der Waals surface area contributed by atoms with E-state index in [0.29, 0.717) is 16.4 Å². The van der Waals surface area contributed by atoms with Crippen molar-refractivity contribution in [3.63, 3.8) is 0 Å². The Morgan fingerprint density at radius 2 is 1.85 bits per heavy atom. The van der Waals surface area contributed by atoms with Crippen LogP contribution >= 0.6 is 11.6 Å². The molecule has 0 aliphatic rings. The van der Waals surface area contributed by atoms with Crippen LogP contribution in [0.15, 0.2) is 59.1 Å². The monoisotopic (exact) mass is 286 g/mol. The molecule has 0 aliphatic carbocycles. The maximum Gasteiger partial charge on any atom is 0.260 e. The summed E-state index contributed by atoms with van der Waals surface area (Å²) in [6, 6.07) is 16.3. The Bertz CT molecular complexity index is 713. The van der Waals surface area contributed by atoms with Crippen molar-refractivity contribution < 1.29 is 9.63 Å². The zero-order valence-electron chi connectivity index (χ0n) is 10.4. The molecule has 3 rings (SSSR count). The molecule has 0 spiro atoms. The summed E-state index contributed by atoms with van der Waals surface area (Å²) in [5.74, 6) is 0.559. The number of nitrogens with zero attached hydrogens (tertiary/aromatic N) is 2. The summed E-state index contributed by atoms with van der Waals surface area (Å²) in [4.78, 5) is 4.21. The fourth-order valence-electron chi connectivity index (χ4n) is 1.87. The van der Waals surface area contributed by atoms with Crippen LogP contribution in [0.3, 0.4) is 0 Å². The SMILES string of the molecule is OC(c1ccccc1)c1nc(-c2cccc(Cl)c2)no1. The first-order valence-electron chi connectivity index (χ1n) is 6.06. The highest BCUT2D eigenvalue weighted by molar-refractivity contribution is 6.30. The standard InChI is InChI=1S/C15H11ClN2O2/c16-12-8-4-7-11(9-12)14-17-15(20-18-14)13(19)10-5-2-1-3-6-10/h1-9,13,19H. The van der Waals surface area contributed by atoms with Gasteiger partial charge in [0, 0.05) is 10.6 Å². The van der Waals surface area contributed by atoms with E-state index >= 15 is 0 Å². The number of benzene rings is 2. The van der Waals surface area contributed by atoms with E-state index in [0.717, 1.165) is 5.56 Å². The van der Waals surface area contributed by atoms with Gasteiger partial charge in [-0.05, 0) is 17.7 Å². The van der Waals surface area contributed by atoms with E-state index in [9.17, 15) is 5.11 Å². The van der Waals surface area contributed by atoms with Gasteiger partial charge in [0.2, 0.25) is 5.82 Å². The Hall–Kier alpha value is -2.17. The lowest BCUT2D eigenvalue weighted by Crippen LogP contribution is -1.99. The highest BCUT2D eigenvalue weighted by atomic mass is 35.5. The predicted octanol–water partition coefficient (Wildman–Crippen LogP) is 3.47. The van der Waals surface area contributed by atoms with Crippen molar-refractivity contribution in [1.29, 1.82) is 0 Å². The molecule has 0 amide bonds. The maximum atomic E-state index is 10.2. The summed E-state index contributed by atoms with van der Waals surface area (Å²) in [7, 11) is 0. The van der Waals surface area contributed by atoms with Crippen molar-refractivity contribution in [1.82, 2.24) is 10.1 Å². The van der Waals surface area contributed by atoms with Crippen LogP contribution in [0.1, 0.15) is 17.6 Å². The lowest BCUT2D eigenvalue weighted by molar-refractivity contribution is 0.170. The van der Waals surface area contributed by atoms with E-state index in [1.165, 1.54) is 0 Å². The zero-order valence-corrected chi connectivity index (χ0v) is 11.2. The highest BCUT2D eigenvalue weighted by Gasteiger charge is 2.18. The van der Waals surface area contributed by atoms with Crippen molar-refractivity contribution in [2.45, 2.75) is 6.10 Å². The van der Waals surface area contributed by atoms with Gasteiger partial charge in [-0.1, -0.05) is 59.2 Å². The van der Waals surface area contributed by atoms with E-state index in [1.807, 2.05) is 24.3 Å². The van der Waals surface area contributed by atoms with E-state index in [4.69, 9.17) is 16.1 Å². The smallest absolute Gasteiger partial charge is 0.260 e. The van der Waals surface area contributed by atoms with E-state index in [-0.39, 0.29) is 5.89 Å². The van der Waals surface area contributed by atoms with Crippen LogP contribution in [0, 0.1) is 0 Å². The molecule has 0 saturated carbocycles. The van der Waals surface area contributed by atoms with E-state index in [2.05, 4.69) is 10.1 Å². The average Bonchev–Trinajstić information content (AvgIpc) is 2.97. The van der Waals surface area contributed by atoms with Crippen molar-refractivity contribution in [2.24, 2.45) is 0 Å². The van der Waals surface area contributed by atoms with Crippen LogP contribution in [-0.2, 0) is 0 Å². The van der Waals surface area contributed by atoms with Crippen molar-refractivity contribution >= 4 is 11.6 Å². The van der Waals surface area contributed by atoms with Crippen molar-refractivity contribution in [2.75, 3.05) is 0 Å². The van der Waals surface area contributed by atoms with Crippen LogP contribution < -0.4 is 0 Å². The van der Waals surface area contributed by atoms with Gasteiger partial charge in [-0.25, -0.2) is 0 Å². The summed E-state index contributed by atoms with van der Waals surface area (Å²) in [6.07, 6.45) is -0.934. The van der Waals surface area contributed by atoms with Crippen LogP contribution in [-0.4, -0.2) is 15.2 Å². The van der Waals surface area contributed by atoms with Gasteiger partial charge in [0.1, 0.15) is 0 Å². The first kappa shape index (κ1) is 12.8. The summed E-state index contributed by atoms with van der Waals surface area (Å²) in [5.41, 5.74) is 1.45. The van der Waals surface area contributed by atoms with Crippen molar-refractivity contribution in [3.05, 3.63) is 71.1 Å². The molecular formula is C15H11ClN2O2. The molecule has 0 saturated heterocycles. The molecular weight excluding hydrogens is 276 g/mol. The van der Waals surface area contributed by atoms with Crippen LogP contribution in [0.4, 0.5) is 0 Å². The molecule has 1 unspecified atom stereocenters. The molecule has 5 heteroatoms. The number of hydrogen-bond donors (Lipinski definition) is 1. The van der Waals surface area contributed by atoms with Crippen LogP contribution in [0.25, 0.3) is 11.4 Å². The van der Waals surface area contributed by atoms with E-state index < -0.39 is 6.10 Å². The first-order chi connectivity index (χ1) is 9.74. The molecule has 1 heterocycles. The Kier molecular flexibility index (Phi) is 3.50. The van der Waals surface area contributed by atoms with Crippen LogP contribution in [0.2, 0.25) is 5.02 Å². The quantitative estimate of drug-likeness (QED) is 0.801. The first-order valence-corrected chi connectivity index (χ1v) is 6.44. The Balaban J connectivity index is 1.91. The second-order valence-corrected chi connectivity index (χ2v) is 4.72. The lowest BCUT2D eigenvalue weighted by Gasteiger charge is -2.04. The summed E-state index contributed by atoms with van der Waals surface area (Å²) in [5, 5.41) is 14.6. The lowest BCUT2D eigenvalue weighted by atomic mass is 10.1. The molecule has 0 bridgehead atoms. The Labute approximate surface area is 120 Å². The molecule has 1 N–H and O–H groups in total. The van der Waals surface area contributed by atoms with Crippen molar-refractivity contribution in [3.8, 4) is 11.4 Å². The highest BCUT2D eigenvalue weighted by Crippen LogP contribution is 2.24. The van der Waals surface area contributed by atoms with Gasteiger partial charge < -0.3 is 9.63 Å². The average molecular weight is 287 g/mol. The largest absolute Gasteiger partial charge is 0.378 e. The van der Waals surface area contributed by atoms with Gasteiger partial charge in [0.15, 0.2) is 6.10 Å². The van der Waals surface area contributed by atoms with Gasteiger partial charge in [-0.15, -0.1) is 0 Å². The molecule has 0 fully saturated rings. The van der Waals surface area contributed by atoms with Gasteiger partial charge in [0.05, 0.1) is 0 Å². The molecule has 1 atom stereocenters.